The van der Waals surface area contributed by atoms with Crippen LogP contribution in [0.4, 0.5) is 2.63 Å². The minimum atomic E-state index is -4.70. The van der Waals surface area contributed by atoms with Crippen LogP contribution in [0.3, 0.4) is 0 Å². The minimum absolute atomic E-state index is 0.540. The van der Waals surface area contributed by atoms with Gasteiger partial charge in [0.1, 0.15) is 0 Å². The van der Waals surface area contributed by atoms with Crippen molar-refractivity contribution in [2.45, 2.75) is 9.26 Å². The van der Waals surface area contributed by atoms with Gasteiger partial charge < -0.3 is 0 Å². The van der Waals surface area contributed by atoms with Crippen LogP contribution < -0.4 is 5.63 Å². The molecule has 0 amide bonds. The van der Waals surface area contributed by atoms with Crippen molar-refractivity contribution in [3.8, 4) is 11.5 Å². The molecule has 1 aromatic rings. The topological polar surface area (TPSA) is 18.5 Å². The zero-order chi connectivity index (χ0) is 8.84. The quantitative estimate of drug-likeness (QED) is 0.658. The molecular formula is C8H10BiFO2. The van der Waals surface area contributed by atoms with Gasteiger partial charge in [0.25, 0.3) is 0 Å². The van der Waals surface area contributed by atoms with Crippen molar-refractivity contribution in [2.24, 2.45) is 0 Å². The fraction of sp³-hybridized carbons (Fsp3) is 0.250. The van der Waals surface area contributed by atoms with Crippen LogP contribution in [0, 0.1) is 0 Å². The van der Waals surface area contributed by atoms with Gasteiger partial charge in [-0.25, -0.2) is 0 Å². The van der Waals surface area contributed by atoms with Crippen molar-refractivity contribution in [2.75, 3.05) is 0 Å². The summed E-state index contributed by atoms with van der Waals surface area (Å²) in [5, 5.41) is 0. The molecule has 2 nitrogen and oxygen atoms in total. The molecule has 0 saturated heterocycles. The average Bonchev–Trinajstić information content (AvgIpc) is 2.16. The summed E-state index contributed by atoms with van der Waals surface area (Å²) < 4.78 is 27.2. The molecule has 0 aromatic heterocycles. The van der Waals surface area contributed by atoms with Crippen LogP contribution in [0.5, 0.6) is 11.5 Å². The Morgan fingerprint density at radius 3 is 1.92 bits per heavy atom. The summed E-state index contributed by atoms with van der Waals surface area (Å²) in [6, 6.07) is 7.06. The van der Waals surface area contributed by atoms with Crippen LogP contribution in [0.15, 0.2) is 24.3 Å². The van der Waals surface area contributed by atoms with E-state index in [1.54, 1.807) is 24.3 Å². The van der Waals surface area contributed by atoms with Crippen molar-refractivity contribution in [1.29, 1.82) is 0 Å². The molecule has 0 radical (unpaired) electrons. The molecule has 1 heterocycles. The fourth-order valence-corrected chi connectivity index (χ4v) is 6.75. The Kier molecular flexibility index (Phi) is 1.45. The number of para-hydroxylation sites is 2. The van der Waals surface area contributed by atoms with Gasteiger partial charge in [-0.2, -0.15) is 0 Å². The Hall–Kier alpha value is -0.367. The maximum absolute atomic E-state index is 13.9. The first-order valence-corrected chi connectivity index (χ1v) is 14.8. The average molecular weight is 366 g/mol. The number of hydrogen-bond donors (Lipinski definition) is 0. The summed E-state index contributed by atoms with van der Waals surface area (Å²) in [5.41, 5.74) is 0. The molecule has 0 spiro atoms. The van der Waals surface area contributed by atoms with Crippen LogP contribution in [-0.2, 0) is 0 Å². The number of benzene rings is 1. The van der Waals surface area contributed by atoms with E-state index >= 15 is 0 Å². The molecule has 0 saturated carbocycles. The Labute approximate surface area is 73.6 Å². The Bertz CT molecular complexity index is 300. The van der Waals surface area contributed by atoms with Crippen LogP contribution >= 0.6 is 0 Å². The number of halogens is 1. The third kappa shape index (κ3) is 1.40. The molecule has 1 aromatic carbocycles. The Morgan fingerprint density at radius 1 is 1.08 bits per heavy atom. The molecule has 2 rings (SSSR count). The third-order valence-corrected chi connectivity index (χ3v) is 7.04. The van der Waals surface area contributed by atoms with Crippen LogP contribution in [0.1, 0.15) is 0 Å². The molecule has 1 aliphatic heterocycles. The van der Waals surface area contributed by atoms with Crippen LogP contribution in [0.2, 0.25) is 9.26 Å². The fourth-order valence-electron chi connectivity index (χ4n) is 1.17. The van der Waals surface area contributed by atoms with Gasteiger partial charge in [0.05, 0.1) is 0 Å². The second-order valence-electron chi connectivity index (χ2n) is 3.36. The summed E-state index contributed by atoms with van der Waals surface area (Å²) in [4.78, 5) is 0. The molecule has 0 N–H and O–H groups in total. The molecule has 66 valence electrons. The normalized spacial score (nSPS) is 25.8. The molecule has 12 heavy (non-hydrogen) atoms. The predicted octanol–water partition coefficient (Wildman–Crippen LogP) is 2.58. The molecule has 4 heteroatoms. The SMILES string of the molecule is [CH3][Bi]1([CH3])([F])[O]c2ccccc2[O]1. The first-order chi connectivity index (χ1) is 5.44. The zero-order valence-electron chi connectivity index (χ0n) is 6.95. The summed E-state index contributed by atoms with van der Waals surface area (Å²) in [5.74, 6) is 1.08. The summed E-state index contributed by atoms with van der Waals surface area (Å²) in [7, 11) is 0. The van der Waals surface area contributed by atoms with E-state index in [2.05, 4.69) is 0 Å². The predicted molar refractivity (Wildman–Crippen MR) is 46.3 cm³/mol. The molecule has 0 bridgehead atoms. The summed E-state index contributed by atoms with van der Waals surface area (Å²) >= 11 is -4.70. The standard InChI is InChI=1S/C6H6O2.2CH3.Bi.FH/c7-5-3-1-2-4-6(5)8;;;;/h1-4,7-8H;2*1H3;;1H/q;;;+3;/p-3. The second kappa shape index (κ2) is 2.11. The van der Waals surface area contributed by atoms with Crippen LogP contribution in [0.25, 0.3) is 0 Å². The molecule has 0 aliphatic carbocycles. The van der Waals surface area contributed by atoms with E-state index in [1.165, 1.54) is 9.26 Å². The Balaban J connectivity index is 2.47. The first kappa shape index (κ1) is 8.24. The molecule has 1 aliphatic rings. The van der Waals surface area contributed by atoms with Crippen molar-refractivity contribution >= 4 is 20.3 Å². The van der Waals surface area contributed by atoms with E-state index in [1.807, 2.05) is 0 Å². The first-order valence-electron chi connectivity index (χ1n) is 3.66. The van der Waals surface area contributed by atoms with Crippen molar-refractivity contribution in [3.05, 3.63) is 24.3 Å². The van der Waals surface area contributed by atoms with E-state index in [0.717, 1.165) is 0 Å². The van der Waals surface area contributed by atoms with Gasteiger partial charge in [0, 0.05) is 0 Å². The van der Waals surface area contributed by atoms with Crippen molar-refractivity contribution < 1.29 is 8.25 Å². The van der Waals surface area contributed by atoms with Crippen LogP contribution in [-0.4, -0.2) is 20.3 Å². The van der Waals surface area contributed by atoms with E-state index in [4.69, 9.17) is 5.63 Å². The number of hydrogen-bond acceptors (Lipinski definition) is 2. The van der Waals surface area contributed by atoms with Gasteiger partial charge in [0.15, 0.2) is 0 Å². The second-order valence-corrected chi connectivity index (χ2v) is 18.2. The zero-order valence-corrected chi connectivity index (χ0v) is 10.4. The van der Waals surface area contributed by atoms with E-state index < -0.39 is 20.3 Å². The summed E-state index contributed by atoms with van der Waals surface area (Å²) in [6.45, 7) is 0. The Morgan fingerprint density at radius 2 is 1.50 bits per heavy atom. The van der Waals surface area contributed by atoms with Gasteiger partial charge in [-0.05, 0) is 0 Å². The monoisotopic (exact) mass is 366 g/mol. The number of fused-ring (bicyclic) bond motifs is 1. The maximum atomic E-state index is 13.9. The van der Waals surface area contributed by atoms with Crippen molar-refractivity contribution in [1.82, 2.24) is 0 Å². The van der Waals surface area contributed by atoms with Crippen molar-refractivity contribution in [3.63, 3.8) is 0 Å². The van der Waals surface area contributed by atoms with Gasteiger partial charge in [-0.3, -0.25) is 0 Å². The van der Waals surface area contributed by atoms with Gasteiger partial charge >= 0.3 is 73.6 Å². The molecule has 0 unspecified atom stereocenters. The van der Waals surface area contributed by atoms with Gasteiger partial charge in [0.2, 0.25) is 0 Å². The van der Waals surface area contributed by atoms with E-state index in [-0.39, 0.29) is 0 Å². The molecule has 0 atom stereocenters. The van der Waals surface area contributed by atoms with Gasteiger partial charge in [-0.15, -0.1) is 0 Å². The van der Waals surface area contributed by atoms with E-state index in [9.17, 15) is 2.63 Å². The third-order valence-electron chi connectivity index (χ3n) is 1.55. The molecule has 0 fully saturated rings. The summed E-state index contributed by atoms with van der Waals surface area (Å²) in [6.07, 6.45) is 0. The molecular weight excluding hydrogens is 356 g/mol. The van der Waals surface area contributed by atoms with E-state index in [0.29, 0.717) is 11.5 Å². The van der Waals surface area contributed by atoms with Gasteiger partial charge in [-0.1, -0.05) is 0 Å². The number of rotatable bonds is 0.